The first kappa shape index (κ1) is 18.4. The van der Waals surface area contributed by atoms with Crippen molar-refractivity contribution in [3.63, 3.8) is 0 Å². The largest absolute Gasteiger partial charge is 0.338 e. The molecule has 1 aromatic heterocycles. The Labute approximate surface area is 158 Å². The average Bonchev–Trinajstić information content (AvgIpc) is 3.08. The summed E-state index contributed by atoms with van der Waals surface area (Å²) in [5.41, 5.74) is 2.05. The summed E-state index contributed by atoms with van der Waals surface area (Å²) in [4.78, 5) is 16.3. The fraction of sp³-hybridized carbons (Fsp3) is 0.167. The number of carbonyl (C=O) groups is 1. The summed E-state index contributed by atoms with van der Waals surface area (Å²) in [6.07, 6.45) is 0. The molecule has 0 aliphatic rings. The molecule has 0 saturated heterocycles. The second-order valence-corrected chi connectivity index (χ2v) is 6.87. The lowest BCUT2D eigenvalue weighted by molar-refractivity contribution is -0.113. The van der Waals surface area contributed by atoms with Gasteiger partial charge in [-0.3, -0.25) is 4.79 Å². The lowest BCUT2D eigenvalue weighted by Crippen LogP contribution is -2.15. The smallest absolute Gasteiger partial charge is 0.236 e. The normalized spacial score (nSPS) is 10.7. The molecule has 2 aromatic carbocycles. The van der Waals surface area contributed by atoms with Gasteiger partial charge in [0.2, 0.25) is 17.6 Å². The van der Waals surface area contributed by atoms with Crippen LogP contribution in [0.25, 0.3) is 11.4 Å². The summed E-state index contributed by atoms with van der Waals surface area (Å²) in [7, 11) is 0. The van der Waals surface area contributed by atoms with Crippen molar-refractivity contribution in [2.75, 3.05) is 11.1 Å². The quantitative estimate of drug-likeness (QED) is 0.659. The van der Waals surface area contributed by atoms with Crippen molar-refractivity contribution in [1.82, 2.24) is 10.1 Å². The molecule has 0 aliphatic heterocycles. The van der Waals surface area contributed by atoms with Crippen LogP contribution < -0.4 is 5.32 Å². The van der Waals surface area contributed by atoms with Crippen LogP contribution in [-0.2, 0) is 10.5 Å². The minimum Gasteiger partial charge on any atom is -0.338 e. The average molecular weight is 392 g/mol. The van der Waals surface area contributed by atoms with Crippen molar-refractivity contribution < 1.29 is 13.7 Å². The van der Waals surface area contributed by atoms with E-state index in [4.69, 9.17) is 16.1 Å². The summed E-state index contributed by atoms with van der Waals surface area (Å²) in [6.45, 7) is 1.84. The standard InChI is InChI=1S/C18H15ClFN3O2S/c1-11-14(19)6-3-7-15(11)21-16(24)9-26-10-17-22-18(23-25-17)12-4-2-5-13(20)8-12/h2-8H,9-10H2,1H3,(H,21,24). The molecule has 134 valence electrons. The molecule has 26 heavy (non-hydrogen) atoms. The van der Waals surface area contributed by atoms with Gasteiger partial charge in [-0.1, -0.05) is 35.0 Å². The lowest BCUT2D eigenvalue weighted by atomic mass is 10.2. The number of nitrogens with one attached hydrogen (secondary N) is 1. The number of amides is 1. The van der Waals surface area contributed by atoms with Crippen molar-refractivity contribution in [2.24, 2.45) is 0 Å². The monoisotopic (exact) mass is 391 g/mol. The zero-order chi connectivity index (χ0) is 18.5. The molecule has 0 aliphatic carbocycles. The molecule has 3 rings (SSSR count). The van der Waals surface area contributed by atoms with Crippen molar-refractivity contribution >= 4 is 35.0 Å². The maximum Gasteiger partial charge on any atom is 0.236 e. The van der Waals surface area contributed by atoms with Crippen LogP contribution >= 0.6 is 23.4 Å². The fourth-order valence-corrected chi connectivity index (χ4v) is 3.04. The second-order valence-electron chi connectivity index (χ2n) is 5.48. The zero-order valence-electron chi connectivity index (χ0n) is 13.8. The maximum absolute atomic E-state index is 13.2. The van der Waals surface area contributed by atoms with Crippen molar-refractivity contribution in [3.05, 3.63) is 64.8 Å². The van der Waals surface area contributed by atoms with Crippen LogP contribution in [-0.4, -0.2) is 21.8 Å². The molecule has 0 bridgehead atoms. The van der Waals surface area contributed by atoms with Gasteiger partial charge in [0.1, 0.15) is 5.82 Å². The molecule has 0 saturated carbocycles. The Morgan fingerprint density at radius 3 is 2.92 bits per heavy atom. The molecular weight excluding hydrogens is 377 g/mol. The number of aromatic nitrogens is 2. The van der Waals surface area contributed by atoms with Gasteiger partial charge in [0.25, 0.3) is 0 Å². The second kappa shape index (κ2) is 8.33. The molecular formula is C18H15ClFN3O2S. The minimum absolute atomic E-state index is 0.148. The van der Waals surface area contributed by atoms with E-state index in [1.54, 1.807) is 30.3 Å². The summed E-state index contributed by atoms with van der Waals surface area (Å²) >= 11 is 7.38. The Balaban J connectivity index is 1.52. The van der Waals surface area contributed by atoms with E-state index in [9.17, 15) is 9.18 Å². The molecule has 3 aromatic rings. The maximum atomic E-state index is 13.2. The first-order chi connectivity index (χ1) is 12.5. The molecule has 0 radical (unpaired) electrons. The molecule has 5 nitrogen and oxygen atoms in total. The number of benzene rings is 2. The van der Waals surface area contributed by atoms with E-state index in [1.807, 2.05) is 6.92 Å². The van der Waals surface area contributed by atoms with Gasteiger partial charge in [0.15, 0.2) is 0 Å². The van der Waals surface area contributed by atoms with Crippen LogP contribution in [0.3, 0.4) is 0 Å². The highest BCUT2D eigenvalue weighted by molar-refractivity contribution is 7.99. The van der Waals surface area contributed by atoms with Gasteiger partial charge in [0.05, 0.1) is 11.5 Å². The number of halogens is 2. The first-order valence-electron chi connectivity index (χ1n) is 7.74. The zero-order valence-corrected chi connectivity index (χ0v) is 15.4. The predicted molar refractivity (Wildman–Crippen MR) is 101 cm³/mol. The van der Waals surface area contributed by atoms with E-state index in [0.29, 0.717) is 33.7 Å². The van der Waals surface area contributed by atoms with Gasteiger partial charge in [-0.2, -0.15) is 4.98 Å². The lowest BCUT2D eigenvalue weighted by Gasteiger charge is -2.08. The number of thioether (sulfide) groups is 1. The van der Waals surface area contributed by atoms with Crippen molar-refractivity contribution in [3.8, 4) is 11.4 Å². The molecule has 0 unspecified atom stereocenters. The Morgan fingerprint density at radius 1 is 1.31 bits per heavy atom. The van der Waals surface area contributed by atoms with Gasteiger partial charge in [-0.25, -0.2) is 4.39 Å². The number of carbonyl (C=O) groups excluding carboxylic acids is 1. The SMILES string of the molecule is Cc1c(Cl)cccc1NC(=O)CSCc1nc(-c2cccc(F)c2)no1. The van der Waals surface area contributed by atoms with Gasteiger partial charge < -0.3 is 9.84 Å². The third kappa shape index (κ3) is 4.62. The third-order valence-corrected chi connectivity index (χ3v) is 4.88. The van der Waals surface area contributed by atoms with E-state index in [-0.39, 0.29) is 17.5 Å². The number of hydrogen-bond acceptors (Lipinski definition) is 5. The van der Waals surface area contributed by atoms with Crippen LogP contribution in [0, 0.1) is 12.7 Å². The Morgan fingerprint density at radius 2 is 2.12 bits per heavy atom. The highest BCUT2D eigenvalue weighted by Crippen LogP contribution is 2.23. The van der Waals surface area contributed by atoms with E-state index < -0.39 is 0 Å². The van der Waals surface area contributed by atoms with Crippen LogP contribution in [0.1, 0.15) is 11.5 Å². The van der Waals surface area contributed by atoms with E-state index in [2.05, 4.69) is 15.5 Å². The van der Waals surface area contributed by atoms with E-state index in [0.717, 1.165) is 5.56 Å². The first-order valence-corrected chi connectivity index (χ1v) is 9.27. The Bertz CT molecular complexity index is 932. The highest BCUT2D eigenvalue weighted by Gasteiger charge is 2.11. The molecule has 1 N–H and O–H groups in total. The molecule has 0 atom stereocenters. The molecule has 1 amide bonds. The van der Waals surface area contributed by atoms with Gasteiger partial charge in [-0.15, -0.1) is 11.8 Å². The van der Waals surface area contributed by atoms with Crippen molar-refractivity contribution in [2.45, 2.75) is 12.7 Å². The number of nitrogens with zero attached hydrogens (tertiary/aromatic N) is 2. The summed E-state index contributed by atoms with van der Waals surface area (Å²) in [5.74, 6) is 0.787. The number of hydrogen-bond donors (Lipinski definition) is 1. The minimum atomic E-state index is -0.365. The van der Waals surface area contributed by atoms with Gasteiger partial charge in [0, 0.05) is 16.3 Å². The molecule has 0 spiro atoms. The van der Waals surface area contributed by atoms with Crippen LogP contribution in [0.15, 0.2) is 47.0 Å². The summed E-state index contributed by atoms with van der Waals surface area (Å²) in [5, 5.41) is 7.26. The van der Waals surface area contributed by atoms with Crippen LogP contribution in [0.2, 0.25) is 5.02 Å². The Kier molecular flexibility index (Phi) is 5.90. The number of rotatable bonds is 6. The third-order valence-electron chi connectivity index (χ3n) is 3.55. The number of anilines is 1. The topological polar surface area (TPSA) is 68.0 Å². The van der Waals surface area contributed by atoms with Crippen LogP contribution in [0.4, 0.5) is 10.1 Å². The van der Waals surface area contributed by atoms with Crippen molar-refractivity contribution in [1.29, 1.82) is 0 Å². The summed E-state index contributed by atoms with van der Waals surface area (Å²) < 4.78 is 18.4. The van der Waals surface area contributed by atoms with Crippen LogP contribution in [0.5, 0.6) is 0 Å². The molecule has 1 heterocycles. The van der Waals surface area contributed by atoms with E-state index in [1.165, 1.54) is 23.9 Å². The highest BCUT2D eigenvalue weighted by atomic mass is 35.5. The summed E-state index contributed by atoms with van der Waals surface area (Å²) in [6, 6.07) is 11.3. The molecule has 8 heteroatoms. The molecule has 0 fully saturated rings. The van der Waals surface area contributed by atoms with Gasteiger partial charge in [-0.05, 0) is 36.8 Å². The van der Waals surface area contributed by atoms with Gasteiger partial charge >= 0.3 is 0 Å². The fourth-order valence-electron chi connectivity index (χ4n) is 2.22. The Hall–Kier alpha value is -2.38. The van der Waals surface area contributed by atoms with E-state index >= 15 is 0 Å². The predicted octanol–water partition coefficient (Wildman–Crippen LogP) is 4.71.